The fraction of sp³-hybridized carbons (Fsp3) is 0. The number of hydrogen-bond acceptors (Lipinski definition) is 1. The highest BCUT2D eigenvalue weighted by Gasteiger charge is 2.22. The van der Waals surface area contributed by atoms with E-state index in [-0.39, 0.29) is 0 Å². The number of aromatic nitrogens is 3. The predicted molar refractivity (Wildman–Crippen MR) is 188 cm³/mol. The Hall–Kier alpha value is -5.58. The first-order valence-corrected chi connectivity index (χ1v) is 15.9. The number of benzene rings is 7. The Balaban J connectivity index is 1.41. The summed E-state index contributed by atoms with van der Waals surface area (Å²) in [5.74, 6) is 0. The van der Waals surface area contributed by atoms with Crippen LogP contribution < -0.4 is 0 Å². The Bertz CT molecular complexity index is 2990. The largest absolute Gasteiger partial charge is 0.308 e. The minimum absolute atomic E-state index is 1.17. The molecule has 4 aromatic heterocycles. The third-order valence-electron chi connectivity index (χ3n) is 9.56. The average Bonchev–Trinajstić information content (AvgIpc) is 3.60. The van der Waals surface area contributed by atoms with Crippen molar-refractivity contribution in [2.24, 2.45) is 0 Å². The Morgan fingerprint density at radius 3 is 1.91 bits per heavy atom. The number of nitrogens with zero attached hydrogens (tertiary/aromatic N) is 3. The fourth-order valence-corrected chi connectivity index (χ4v) is 8.88. The van der Waals surface area contributed by atoms with Crippen molar-refractivity contribution in [2.45, 2.75) is 0 Å². The average molecular weight is 578 g/mol. The first-order chi connectivity index (χ1) is 21.8. The first-order valence-electron chi connectivity index (χ1n) is 15.0. The lowest BCUT2D eigenvalue weighted by Crippen LogP contribution is -1.99. The second-order valence-corrected chi connectivity index (χ2v) is 12.9. The van der Waals surface area contributed by atoms with Gasteiger partial charge < -0.3 is 13.4 Å². The number of fused-ring (bicyclic) bond motifs is 12. The van der Waals surface area contributed by atoms with E-state index >= 15 is 0 Å². The molecule has 0 N–H and O–H groups in total. The molecule has 0 radical (unpaired) electrons. The fourth-order valence-electron chi connectivity index (χ4n) is 7.81. The minimum Gasteiger partial charge on any atom is -0.308 e. The molecule has 0 atom stereocenters. The summed E-state index contributed by atoms with van der Waals surface area (Å²) in [6, 6.07) is 51.4. The highest BCUT2D eigenvalue weighted by Crippen LogP contribution is 2.44. The molecule has 7 aromatic carbocycles. The quantitative estimate of drug-likeness (QED) is 0.172. The van der Waals surface area contributed by atoms with Gasteiger partial charge in [-0.05, 0) is 53.9 Å². The zero-order chi connectivity index (χ0) is 28.5. The van der Waals surface area contributed by atoms with Crippen LogP contribution in [0.1, 0.15) is 0 Å². The predicted octanol–water partition coefficient (Wildman–Crippen LogP) is 11.1. The maximum atomic E-state index is 2.53. The van der Waals surface area contributed by atoms with Gasteiger partial charge in [0, 0.05) is 32.6 Å². The van der Waals surface area contributed by atoms with E-state index in [9.17, 15) is 0 Å². The lowest BCUT2D eigenvalue weighted by molar-refractivity contribution is 1.17. The van der Waals surface area contributed by atoms with Crippen LogP contribution in [0.3, 0.4) is 0 Å². The zero-order valence-corrected chi connectivity index (χ0v) is 24.3. The van der Waals surface area contributed by atoms with E-state index in [0.717, 1.165) is 0 Å². The summed E-state index contributed by atoms with van der Waals surface area (Å²) < 4.78 is 10.0. The molecule has 3 nitrogen and oxygen atoms in total. The highest BCUT2D eigenvalue weighted by atomic mass is 32.1. The Morgan fingerprint density at radius 1 is 0.364 bits per heavy atom. The number of para-hydroxylation sites is 4. The van der Waals surface area contributed by atoms with E-state index in [2.05, 4.69) is 153 Å². The highest BCUT2D eigenvalue weighted by molar-refractivity contribution is 7.24. The SMILES string of the molecule is c1ccc(-n2c3ccccc3sc3cc4c(cc32)c2cccc3c2n4c2cccc4c5ccc6ccccc6c5n3c42)cc1. The third-order valence-corrected chi connectivity index (χ3v) is 10.7. The van der Waals surface area contributed by atoms with Crippen LogP contribution >= 0.6 is 11.3 Å². The standard InChI is InChI=1S/C40H23N3S/c1-2-11-25(12-3-1)41-31-16-6-7-19-36(31)44-37-23-34-30(22-35(37)41)28-15-9-18-33-39(28)42(34)32-17-8-14-27-29-21-20-24-10-4-5-13-26(24)38(29)43(33)40(27)32/h1-23H. The zero-order valence-electron chi connectivity index (χ0n) is 23.5. The Labute approximate surface area is 255 Å². The summed E-state index contributed by atoms with van der Waals surface area (Å²) >= 11 is 1.87. The van der Waals surface area contributed by atoms with Gasteiger partial charge in [-0.3, -0.25) is 0 Å². The van der Waals surface area contributed by atoms with Crippen molar-refractivity contribution in [3.63, 3.8) is 0 Å². The van der Waals surface area contributed by atoms with Gasteiger partial charge in [-0.15, -0.1) is 11.3 Å². The molecule has 0 aliphatic heterocycles. The van der Waals surface area contributed by atoms with E-state index in [1.807, 2.05) is 11.3 Å². The van der Waals surface area contributed by atoms with Crippen LogP contribution in [-0.2, 0) is 0 Å². The molecule has 0 aliphatic rings. The summed E-state index contributed by atoms with van der Waals surface area (Å²) in [4.78, 5) is 0. The molecular formula is C40H23N3S. The van der Waals surface area contributed by atoms with Gasteiger partial charge in [0.05, 0.1) is 53.5 Å². The first kappa shape index (κ1) is 22.9. The molecule has 0 saturated carbocycles. The van der Waals surface area contributed by atoms with E-state index < -0.39 is 0 Å². The van der Waals surface area contributed by atoms with Gasteiger partial charge in [0.25, 0.3) is 0 Å². The number of rotatable bonds is 1. The van der Waals surface area contributed by atoms with Crippen molar-refractivity contribution in [1.82, 2.24) is 13.4 Å². The molecule has 0 saturated heterocycles. The van der Waals surface area contributed by atoms with Crippen LogP contribution in [0.4, 0.5) is 0 Å². The van der Waals surface area contributed by atoms with E-state index in [0.29, 0.717) is 0 Å². The van der Waals surface area contributed by atoms with Crippen molar-refractivity contribution in [3.8, 4) is 5.69 Å². The summed E-state index contributed by atoms with van der Waals surface area (Å²) in [6.45, 7) is 0. The van der Waals surface area contributed by atoms with Gasteiger partial charge in [0.15, 0.2) is 0 Å². The lowest BCUT2D eigenvalue weighted by atomic mass is 10.1. The van der Waals surface area contributed by atoms with Crippen LogP contribution in [0.25, 0.3) is 91.5 Å². The maximum absolute atomic E-state index is 2.53. The van der Waals surface area contributed by atoms with Gasteiger partial charge in [-0.2, -0.15) is 0 Å². The topological polar surface area (TPSA) is 13.8 Å². The van der Waals surface area contributed by atoms with Crippen LogP contribution in [0.5, 0.6) is 0 Å². The molecule has 4 heteroatoms. The molecule has 0 spiro atoms. The molecular weight excluding hydrogens is 555 g/mol. The summed E-state index contributed by atoms with van der Waals surface area (Å²) in [5, 5.41) is 7.71. The van der Waals surface area contributed by atoms with Crippen molar-refractivity contribution >= 4 is 97.2 Å². The van der Waals surface area contributed by atoms with Crippen LogP contribution in [0, 0.1) is 0 Å². The second kappa shape index (κ2) is 8.07. The molecule has 0 aliphatic carbocycles. The van der Waals surface area contributed by atoms with E-state index in [4.69, 9.17) is 0 Å². The van der Waals surface area contributed by atoms with Gasteiger partial charge in [0.2, 0.25) is 0 Å². The minimum atomic E-state index is 1.17. The molecule has 0 bridgehead atoms. The van der Waals surface area contributed by atoms with Gasteiger partial charge in [-0.25, -0.2) is 0 Å². The normalized spacial score (nSPS) is 12.5. The molecule has 11 rings (SSSR count). The van der Waals surface area contributed by atoms with Crippen molar-refractivity contribution < 1.29 is 0 Å². The van der Waals surface area contributed by atoms with Crippen LogP contribution in [-0.4, -0.2) is 13.4 Å². The van der Waals surface area contributed by atoms with Crippen molar-refractivity contribution in [1.29, 1.82) is 0 Å². The molecule has 11 aromatic rings. The van der Waals surface area contributed by atoms with Crippen LogP contribution in [0.15, 0.2) is 140 Å². The van der Waals surface area contributed by atoms with Crippen LogP contribution in [0.2, 0.25) is 0 Å². The summed E-state index contributed by atoms with van der Waals surface area (Å²) in [7, 11) is 0. The lowest BCUT2D eigenvalue weighted by Gasteiger charge is -2.16. The van der Waals surface area contributed by atoms with Crippen molar-refractivity contribution in [3.05, 3.63) is 140 Å². The molecule has 44 heavy (non-hydrogen) atoms. The summed E-state index contributed by atoms with van der Waals surface area (Å²) in [5.41, 5.74) is 11.2. The smallest absolute Gasteiger partial charge is 0.0783 e. The number of hydrogen-bond donors (Lipinski definition) is 0. The molecule has 4 heterocycles. The second-order valence-electron chi connectivity index (χ2n) is 11.8. The molecule has 0 amide bonds. The monoisotopic (exact) mass is 577 g/mol. The maximum Gasteiger partial charge on any atom is 0.0783 e. The van der Waals surface area contributed by atoms with E-state index in [1.165, 1.54) is 91.5 Å². The summed E-state index contributed by atoms with van der Waals surface area (Å²) in [6.07, 6.45) is 0. The van der Waals surface area contributed by atoms with Crippen molar-refractivity contribution in [2.75, 3.05) is 0 Å². The van der Waals surface area contributed by atoms with Gasteiger partial charge in [0.1, 0.15) is 0 Å². The molecule has 204 valence electrons. The Kier molecular flexibility index (Phi) is 4.21. The van der Waals surface area contributed by atoms with E-state index in [1.54, 1.807) is 0 Å². The molecule has 0 fully saturated rings. The Morgan fingerprint density at radius 2 is 1.02 bits per heavy atom. The molecule has 0 unspecified atom stereocenters. The van der Waals surface area contributed by atoms with Gasteiger partial charge in [-0.1, -0.05) is 91.0 Å². The van der Waals surface area contributed by atoms with Gasteiger partial charge >= 0.3 is 0 Å². The third kappa shape index (κ3) is 2.73.